The third kappa shape index (κ3) is 4.47. The molecule has 10 heteroatoms. The lowest BCUT2D eigenvalue weighted by molar-refractivity contribution is 0.101. The number of fused-ring (bicyclic) bond motifs is 1. The molecule has 0 saturated heterocycles. The zero-order valence-electron chi connectivity index (χ0n) is 20.5. The fourth-order valence-electron chi connectivity index (χ4n) is 3.89. The summed E-state index contributed by atoms with van der Waals surface area (Å²) in [4.78, 5) is 13.1. The maximum atomic E-state index is 13.1. The van der Waals surface area contributed by atoms with Crippen LogP contribution in [-0.4, -0.2) is 54.2 Å². The van der Waals surface area contributed by atoms with Crippen molar-refractivity contribution >= 4 is 17.2 Å². The third-order valence-corrected chi connectivity index (χ3v) is 5.61. The largest absolute Gasteiger partial charge is 0.495 e. The van der Waals surface area contributed by atoms with Gasteiger partial charge in [0.2, 0.25) is 0 Å². The van der Waals surface area contributed by atoms with Crippen LogP contribution in [0.3, 0.4) is 0 Å². The first-order valence-electron chi connectivity index (χ1n) is 10.8. The van der Waals surface area contributed by atoms with Gasteiger partial charge in [-0.3, -0.25) is 4.79 Å². The number of hydrogen-bond acceptors (Lipinski definition) is 8. The molecule has 0 bridgehead atoms. The number of hydrogen-bond donors (Lipinski definition) is 1. The van der Waals surface area contributed by atoms with Crippen LogP contribution in [0.25, 0.3) is 16.8 Å². The van der Waals surface area contributed by atoms with Crippen molar-refractivity contribution in [1.82, 2.24) is 19.8 Å². The van der Waals surface area contributed by atoms with Gasteiger partial charge in [-0.25, -0.2) is 4.52 Å². The predicted octanol–water partition coefficient (Wildman–Crippen LogP) is 3.83. The average molecular weight is 478 g/mol. The van der Waals surface area contributed by atoms with Gasteiger partial charge in [-0.1, -0.05) is 12.1 Å². The van der Waals surface area contributed by atoms with E-state index in [0.717, 1.165) is 16.7 Å². The fraction of sp³-hybridized carbons (Fsp3) is 0.280. The van der Waals surface area contributed by atoms with Crippen LogP contribution in [-0.2, 0) is 11.3 Å². The third-order valence-electron chi connectivity index (χ3n) is 5.61. The molecule has 4 aromatic rings. The zero-order valence-corrected chi connectivity index (χ0v) is 20.5. The highest BCUT2D eigenvalue weighted by Crippen LogP contribution is 2.36. The topological polar surface area (TPSA) is 109 Å². The van der Waals surface area contributed by atoms with Gasteiger partial charge in [0.1, 0.15) is 5.75 Å². The molecular weight excluding hydrogens is 450 g/mol. The summed E-state index contributed by atoms with van der Waals surface area (Å²) < 4.78 is 23.2. The molecule has 1 amide bonds. The second-order valence-electron chi connectivity index (χ2n) is 7.85. The number of nitrogens with one attached hydrogen (secondary N) is 1. The van der Waals surface area contributed by atoms with Crippen LogP contribution < -0.4 is 19.5 Å². The number of rotatable bonds is 8. The minimum absolute atomic E-state index is 0.145. The average Bonchev–Trinajstić information content (AvgIpc) is 3.23. The van der Waals surface area contributed by atoms with Crippen LogP contribution in [0.4, 0.5) is 5.69 Å². The molecular formula is C25H27N5O5. The Morgan fingerprint density at radius 2 is 1.63 bits per heavy atom. The Hall–Kier alpha value is -4.18. The number of benzene rings is 2. The van der Waals surface area contributed by atoms with Gasteiger partial charge in [0.15, 0.2) is 22.8 Å². The molecule has 0 atom stereocenters. The molecule has 0 spiro atoms. The van der Waals surface area contributed by atoms with Gasteiger partial charge in [-0.05, 0) is 49.2 Å². The van der Waals surface area contributed by atoms with E-state index in [4.69, 9.17) is 18.9 Å². The Kier molecular flexibility index (Phi) is 6.83. The standard InChI is InChI=1S/C25H27N5O5/c1-14-7-9-19(33-4)17(11-14)26-25(31)23-15(2)30-24(28-27-23)22(18(29-30)13-32-3)16-8-10-20(34-5)21(12-16)35-6/h7-12H,13H2,1-6H3,(H,26,31). The quantitative estimate of drug-likeness (QED) is 0.408. The maximum absolute atomic E-state index is 13.1. The highest BCUT2D eigenvalue weighted by molar-refractivity contribution is 6.04. The minimum atomic E-state index is -0.419. The summed E-state index contributed by atoms with van der Waals surface area (Å²) >= 11 is 0. The molecule has 10 nitrogen and oxygen atoms in total. The maximum Gasteiger partial charge on any atom is 0.278 e. The Labute approximate surface area is 202 Å². The monoisotopic (exact) mass is 477 g/mol. The SMILES string of the molecule is COCc1nn2c(C)c(C(=O)Nc3cc(C)ccc3OC)nnc2c1-c1ccc(OC)c(OC)c1. The molecule has 2 heterocycles. The number of carbonyl (C=O) groups is 1. The van der Waals surface area contributed by atoms with Crippen molar-refractivity contribution in [2.45, 2.75) is 20.5 Å². The van der Waals surface area contributed by atoms with Gasteiger partial charge in [0.25, 0.3) is 5.91 Å². The van der Waals surface area contributed by atoms with E-state index in [9.17, 15) is 4.79 Å². The lowest BCUT2D eigenvalue weighted by Crippen LogP contribution is -2.19. The Balaban J connectivity index is 1.80. The summed E-state index contributed by atoms with van der Waals surface area (Å²) in [5.74, 6) is 1.31. The van der Waals surface area contributed by atoms with Crippen LogP contribution >= 0.6 is 0 Å². The first kappa shape index (κ1) is 24.0. The van der Waals surface area contributed by atoms with E-state index in [0.29, 0.717) is 40.0 Å². The van der Waals surface area contributed by atoms with Crippen LogP contribution in [0, 0.1) is 13.8 Å². The molecule has 0 unspecified atom stereocenters. The van der Waals surface area contributed by atoms with E-state index in [1.165, 1.54) is 0 Å². The van der Waals surface area contributed by atoms with E-state index in [1.807, 2.05) is 37.3 Å². The van der Waals surface area contributed by atoms with E-state index in [2.05, 4.69) is 20.6 Å². The molecule has 0 aliphatic heterocycles. The smallest absolute Gasteiger partial charge is 0.278 e. The van der Waals surface area contributed by atoms with Gasteiger partial charge >= 0.3 is 0 Å². The number of amides is 1. The van der Waals surface area contributed by atoms with E-state index in [1.54, 1.807) is 45.9 Å². The Morgan fingerprint density at radius 1 is 0.914 bits per heavy atom. The second kappa shape index (κ2) is 9.98. The molecule has 2 aromatic carbocycles. The Bertz CT molecular complexity index is 1400. The molecule has 0 aliphatic carbocycles. The number of aryl methyl sites for hydroxylation is 2. The summed E-state index contributed by atoms with van der Waals surface area (Å²) in [6.07, 6.45) is 0. The van der Waals surface area contributed by atoms with Gasteiger partial charge in [0.05, 0.1) is 50.6 Å². The van der Waals surface area contributed by atoms with Gasteiger partial charge in [-0.15, -0.1) is 10.2 Å². The number of nitrogens with zero attached hydrogens (tertiary/aromatic N) is 4. The fourth-order valence-corrected chi connectivity index (χ4v) is 3.89. The molecule has 0 saturated carbocycles. The first-order chi connectivity index (χ1) is 16.9. The van der Waals surface area contributed by atoms with E-state index < -0.39 is 5.91 Å². The predicted molar refractivity (Wildman–Crippen MR) is 130 cm³/mol. The van der Waals surface area contributed by atoms with Crippen molar-refractivity contribution in [2.75, 3.05) is 33.8 Å². The molecule has 4 rings (SSSR count). The number of aromatic nitrogens is 4. The van der Waals surface area contributed by atoms with Gasteiger partial charge in [-0.2, -0.15) is 5.10 Å². The van der Waals surface area contributed by atoms with Crippen molar-refractivity contribution in [3.8, 4) is 28.4 Å². The molecule has 1 N–H and O–H groups in total. The lowest BCUT2D eigenvalue weighted by Gasteiger charge is -2.12. The minimum Gasteiger partial charge on any atom is -0.495 e. The van der Waals surface area contributed by atoms with Crippen LogP contribution in [0.1, 0.15) is 27.4 Å². The van der Waals surface area contributed by atoms with Crippen molar-refractivity contribution in [3.63, 3.8) is 0 Å². The highest BCUT2D eigenvalue weighted by Gasteiger charge is 2.23. The van der Waals surface area contributed by atoms with Crippen molar-refractivity contribution in [1.29, 1.82) is 0 Å². The number of carbonyl (C=O) groups excluding carboxylic acids is 1. The van der Waals surface area contributed by atoms with E-state index in [-0.39, 0.29) is 12.3 Å². The molecule has 0 radical (unpaired) electrons. The first-order valence-corrected chi connectivity index (χ1v) is 10.8. The van der Waals surface area contributed by atoms with Crippen LogP contribution in [0.5, 0.6) is 17.2 Å². The van der Waals surface area contributed by atoms with Crippen LogP contribution in [0.2, 0.25) is 0 Å². The highest BCUT2D eigenvalue weighted by atomic mass is 16.5. The van der Waals surface area contributed by atoms with Crippen molar-refractivity contribution in [3.05, 3.63) is 59.0 Å². The summed E-state index contributed by atoms with van der Waals surface area (Å²) in [5, 5.41) is 16.2. The Morgan fingerprint density at radius 3 is 2.31 bits per heavy atom. The molecule has 182 valence electrons. The van der Waals surface area contributed by atoms with Crippen LogP contribution in [0.15, 0.2) is 36.4 Å². The molecule has 2 aromatic heterocycles. The summed E-state index contributed by atoms with van der Waals surface area (Å²) in [7, 11) is 6.30. The summed E-state index contributed by atoms with van der Waals surface area (Å²) in [6.45, 7) is 3.95. The molecule has 0 aliphatic rings. The number of ether oxygens (including phenoxy) is 4. The number of methoxy groups -OCH3 is 4. The van der Waals surface area contributed by atoms with Gasteiger partial charge in [0, 0.05) is 7.11 Å². The lowest BCUT2D eigenvalue weighted by atomic mass is 10.1. The summed E-state index contributed by atoms with van der Waals surface area (Å²) in [5.41, 5.74) is 4.88. The normalized spacial score (nSPS) is 10.9. The molecule has 35 heavy (non-hydrogen) atoms. The second-order valence-corrected chi connectivity index (χ2v) is 7.85. The van der Waals surface area contributed by atoms with Gasteiger partial charge < -0.3 is 24.3 Å². The summed E-state index contributed by atoms with van der Waals surface area (Å²) in [6, 6.07) is 11.1. The van der Waals surface area contributed by atoms with Crippen molar-refractivity contribution in [2.24, 2.45) is 0 Å². The van der Waals surface area contributed by atoms with Crippen molar-refractivity contribution < 1.29 is 23.7 Å². The number of anilines is 1. The molecule has 0 fully saturated rings. The zero-order chi connectivity index (χ0) is 25.1. The van der Waals surface area contributed by atoms with E-state index >= 15 is 0 Å².